The third kappa shape index (κ3) is 4.40. The highest BCUT2D eigenvalue weighted by Gasteiger charge is 2.30. The van der Waals surface area contributed by atoms with Crippen molar-refractivity contribution >= 4 is 17.9 Å². The number of urea groups is 1. The second kappa shape index (κ2) is 7.12. The Bertz CT molecular complexity index is 384. The lowest BCUT2D eigenvalue weighted by Crippen LogP contribution is -2.51. The molecule has 0 radical (unpaired) electrons. The van der Waals surface area contributed by atoms with Crippen LogP contribution in [0.1, 0.15) is 33.1 Å². The molecule has 1 saturated heterocycles. The Morgan fingerprint density at radius 2 is 2.05 bits per heavy atom. The first kappa shape index (κ1) is 16.3. The topological polar surface area (TPSA) is 104 Å². The van der Waals surface area contributed by atoms with Crippen molar-refractivity contribution in [2.75, 3.05) is 19.6 Å². The predicted molar refractivity (Wildman–Crippen MR) is 73.0 cm³/mol. The molecule has 1 unspecified atom stereocenters. The van der Waals surface area contributed by atoms with Gasteiger partial charge in [-0.1, -0.05) is 0 Å². The molecular weight excluding hydrogens is 262 g/mol. The summed E-state index contributed by atoms with van der Waals surface area (Å²) in [6.07, 6.45) is 1.36. The van der Waals surface area contributed by atoms with Gasteiger partial charge in [0.25, 0.3) is 0 Å². The van der Waals surface area contributed by atoms with Crippen molar-refractivity contribution in [2.45, 2.75) is 39.2 Å². The third-order valence-corrected chi connectivity index (χ3v) is 3.53. The molecule has 1 atom stereocenters. The lowest BCUT2D eigenvalue weighted by Gasteiger charge is -2.37. The van der Waals surface area contributed by atoms with Crippen molar-refractivity contribution in [1.29, 1.82) is 0 Å². The Labute approximate surface area is 118 Å². The molecule has 7 heteroatoms. The van der Waals surface area contributed by atoms with Gasteiger partial charge in [0.15, 0.2) is 0 Å². The van der Waals surface area contributed by atoms with Gasteiger partial charge in [0.2, 0.25) is 5.91 Å². The maximum absolute atomic E-state index is 12.4. The van der Waals surface area contributed by atoms with Gasteiger partial charge in [-0.25, -0.2) is 4.79 Å². The van der Waals surface area contributed by atoms with Crippen LogP contribution in [0, 0.1) is 5.92 Å². The van der Waals surface area contributed by atoms with Crippen LogP contribution < -0.4 is 5.73 Å². The monoisotopic (exact) mass is 285 g/mol. The van der Waals surface area contributed by atoms with Gasteiger partial charge in [0, 0.05) is 25.7 Å². The van der Waals surface area contributed by atoms with Gasteiger partial charge >= 0.3 is 12.0 Å². The number of nitrogens with two attached hydrogens (primary N) is 1. The Hall–Kier alpha value is -1.79. The molecule has 0 aliphatic carbocycles. The molecule has 3 amide bonds. The van der Waals surface area contributed by atoms with E-state index in [2.05, 4.69) is 0 Å². The minimum Gasteiger partial charge on any atom is -0.481 e. The average Bonchev–Trinajstić information content (AvgIpc) is 2.38. The molecule has 0 saturated carbocycles. The number of amides is 3. The van der Waals surface area contributed by atoms with Gasteiger partial charge in [-0.2, -0.15) is 0 Å². The summed E-state index contributed by atoms with van der Waals surface area (Å²) >= 11 is 0. The standard InChI is InChI=1S/C13H23N3O4/c1-9(2)16(7-5-11(17)18)13(20)15-6-3-4-10(8-15)12(14)19/h9-10H,3-8H2,1-2H3,(H2,14,19)(H,17,18). The molecule has 7 nitrogen and oxygen atoms in total. The molecule has 0 aromatic carbocycles. The second-order valence-corrected chi connectivity index (χ2v) is 5.40. The normalized spacial score (nSPS) is 18.9. The van der Waals surface area contributed by atoms with Crippen LogP contribution in [0.15, 0.2) is 0 Å². The number of carbonyl (C=O) groups excluding carboxylic acids is 2. The lowest BCUT2D eigenvalue weighted by atomic mass is 9.98. The molecule has 0 spiro atoms. The number of aliphatic carboxylic acids is 1. The number of rotatable bonds is 5. The van der Waals surface area contributed by atoms with Crippen molar-refractivity contribution in [3.05, 3.63) is 0 Å². The summed E-state index contributed by atoms with van der Waals surface area (Å²) in [7, 11) is 0. The van der Waals surface area contributed by atoms with Gasteiger partial charge in [-0.05, 0) is 26.7 Å². The highest BCUT2D eigenvalue weighted by Crippen LogP contribution is 2.18. The zero-order chi connectivity index (χ0) is 15.3. The molecule has 3 N–H and O–H groups in total. The number of piperidine rings is 1. The van der Waals surface area contributed by atoms with E-state index in [-0.39, 0.29) is 36.9 Å². The molecule has 20 heavy (non-hydrogen) atoms. The summed E-state index contributed by atoms with van der Waals surface area (Å²) in [5.74, 6) is -1.62. The quantitative estimate of drug-likeness (QED) is 0.767. The molecule has 1 heterocycles. The molecule has 0 bridgehead atoms. The number of carbonyl (C=O) groups is 3. The summed E-state index contributed by atoms with van der Waals surface area (Å²) < 4.78 is 0. The molecule has 1 aliphatic heterocycles. The van der Waals surface area contributed by atoms with Crippen LogP contribution in [0.2, 0.25) is 0 Å². The largest absolute Gasteiger partial charge is 0.481 e. The van der Waals surface area contributed by atoms with E-state index in [1.54, 1.807) is 4.90 Å². The molecule has 1 aliphatic rings. The summed E-state index contributed by atoms with van der Waals surface area (Å²) in [4.78, 5) is 37.4. The van der Waals surface area contributed by atoms with Crippen LogP contribution in [-0.4, -0.2) is 58.5 Å². The maximum atomic E-state index is 12.4. The number of carboxylic acid groups (broad SMARTS) is 1. The smallest absolute Gasteiger partial charge is 0.320 e. The number of likely N-dealkylation sites (tertiary alicyclic amines) is 1. The van der Waals surface area contributed by atoms with Crippen LogP contribution in [0.5, 0.6) is 0 Å². The van der Waals surface area contributed by atoms with Crippen LogP contribution in [0.3, 0.4) is 0 Å². The zero-order valence-corrected chi connectivity index (χ0v) is 12.0. The minimum atomic E-state index is -0.933. The summed E-state index contributed by atoms with van der Waals surface area (Å²) in [6.45, 7) is 4.76. The molecule has 1 rings (SSSR count). The summed E-state index contributed by atoms with van der Waals surface area (Å²) in [5, 5.41) is 8.74. The molecule has 114 valence electrons. The van der Waals surface area contributed by atoms with E-state index < -0.39 is 5.97 Å². The Morgan fingerprint density at radius 1 is 1.40 bits per heavy atom. The van der Waals surface area contributed by atoms with E-state index in [1.807, 2.05) is 13.8 Å². The van der Waals surface area contributed by atoms with Crippen molar-refractivity contribution in [2.24, 2.45) is 11.7 Å². The minimum absolute atomic E-state index is 0.0863. The first-order valence-electron chi connectivity index (χ1n) is 6.89. The number of nitrogens with zero attached hydrogens (tertiary/aromatic N) is 2. The highest BCUT2D eigenvalue weighted by atomic mass is 16.4. The number of hydrogen-bond acceptors (Lipinski definition) is 3. The SMILES string of the molecule is CC(C)N(CCC(=O)O)C(=O)N1CCCC(C(N)=O)C1. The number of hydrogen-bond donors (Lipinski definition) is 2. The van der Waals surface area contributed by atoms with Gasteiger partial charge in [-0.3, -0.25) is 9.59 Å². The average molecular weight is 285 g/mol. The van der Waals surface area contributed by atoms with E-state index in [9.17, 15) is 14.4 Å². The molecule has 0 aromatic heterocycles. The Balaban J connectivity index is 2.68. The molecular formula is C13H23N3O4. The first-order valence-corrected chi connectivity index (χ1v) is 6.89. The summed E-state index contributed by atoms with van der Waals surface area (Å²) in [6, 6.07) is -0.303. The number of primary amides is 1. The lowest BCUT2D eigenvalue weighted by molar-refractivity contribution is -0.137. The molecule has 1 fully saturated rings. The van der Waals surface area contributed by atoms with Crippen LogP contribution in [-0.2, 0) is 9.59 Å². The van der Waals surface area contributed by atoms with Crippen molar-refractivity contribution in [3.8, 4) is 0 Å². The fourth-order valence-electron chi connectivity index (χ4n) is 2.36. The van der Waals surface area contributed by atoms with Crippen molar-refractivity contribution in [3.63, 3.8) is 0 Å². The summed E-state index contributed by atoms with van der Waals surface area (Å²) in [5.41, 5.74) is 5.30. The van der Waals surface area contributed by atoms with E-state index in [0.29, 0.717) is 19.5 Å². The van der Waals surface area contributed by atoms with Gasteiger partial charge < -0.3 is 20.6 Å². The van der Waals surface area contributed by atoms with E-state index in [1.165, 1.54) is 4.90 Å². The first-order chi connectivity index (χ1) is 9.32. The van der Waals surface area contributed by atoms with Crippen LogP contribution in [0.25, 0.3) is 0 Å². The Kier molecular flexibility index (Phi) is 5.79. The van der Waals surface area contributed by atoms with Crippen LogP contribution in [0.4, 0.5) is 4.79 Å². The fraction of sp³-hybridized carbons (Fsp3) is 0.769. The van der Waals surface area contributed by atoms with E-state index in [4.69, 9.17) is 10.8 Å². The van der Waals surface area contributed by atoms with Gasteiger partial charge in [-0.15, -0.1) is 0 Å². The zero-order valence-electron chi connectivity index (χ0n) is 12.0. The highest BCUT2D eigenvalue weighted by molar-refractivity contribution is 5.80. The van der Waals surface area contributed by atoms with Crippen molar-refractivity contribution in [1.82, 2.24) is 9.80 Å². The van der Waals surface area contributed by atoms with Crippen LogP contribution >= 0.6 is 0 Å². The predicted octanol–water partition coefficient (Wildman–Crippen LogP) is 0.489. The van der Waals surface area contributed by atoms with E-state index >= 15 is 0 Å². The van der Waals surface area contributed by atoms with Gasteiger partial charge in [0.1, 0.15) is 0 Å². The third-order valence-electron chi connectivity index (χ3n) is 3.53. The molecule has 0 aromatic rings. The van der Waals surface area contributed by atoms with E-state index in [0.717, 1.165) is 6.42 Å². The second-order valence-electron chi connectivity index (χ2n) is 5.40. The fourth-order valence-corrected chi connectivity index (χ4v) is 2.36. The van der Waals surface area contributed by atoms with Gasteiger partial charge in [0.05, 0.1) is 12.3 Å². The Morgan fingerprint density at radius 3 is 2.55 bits per heavy atom. The maximum Gasteiger partial charge on any atom is 0.320 e. The number of carboxylic acids is 1. The van der Waals surface area contributed by atoms with Crippen molar-refractivity contribution < 1.29 is 19.5 Å².